The van der Waals surface area contributed by atoms with E-state index in [4.69, 9.17) is 9.84 Å². The van der Waals surface area contributed by atoms with Gasteiger partial charge in [-0.2, -0.15) is 0 Å². The zero-order valence-electron chi connectivity index (χ0n) is 11.2. The van der Waals surface area contributed by atoms with Crippen molar-refractivity contribution in [3.8, 4) is 5.75 Å². The number of halogens is 1. The number of nitrogens with one attached hydrogen (secondary N) is 2. The fraction of sp³-hybridized carbons (Fsp3) is 0.500. The molecule has 20 heavy (non-hydrogen) atoms. The van der Waals surface area contributed by atoms with E-state index in [2.05, 4.69) is 26.6 Å². The molecule has 0 radical (unpaired) electrons. The third kappa shape index (κ3) is 4.68. The Kier molecular flexibility index (Phi) is 5.25. The van der Waals surface area contributed by atoms with Crippen LogP contribution in [0.25, 0.3) is 0 Å². The minimum Gasteiger partial charge on any atom is -0.492 e. The molecule has 5 nitrogen and oxygen atoms in total. The molecule has 1 aliphatic carbocycles. The highest BCUT2D eigenvalue weighted by atomic mass is 79.9. The predicted octanol–water partition coefficient (Wildman–Crippen LogP) is 1.90. The Morgan fingerprint density at radius 1 is 1.30 bits per heavy atom. The van der Waals surface area contributed by atoms with E-state index in [1.165, 1.54) is 0 Å². The van der Waals surface area contributed by atoms with Crippen LogP contribution in [0.5, 0.6) is 5.75 Å². The highest BCUT2D eigenvalue weighted by molar-refractivity contribution is 9.10. The number of ether oxygens (including phenoxy) is 1. The second kappa shape index (κ2) is 6.95. The molecule has 0 saturated heterocycles. The van der Waals surface area contributed by atoms with Gasteiger partial charge in [0.25, 0.3) is 0 Å². The first-order valence-electron chi connectivity index (χ1n) is 6.64. The molecule has 0 atom stereocenters. The Morgan fingerprint density at radius 2 is 2.00 bits per heavy atom. The molecule has 1 aliphatic rings. The first kappa shape index (κ1) is 15.1. The summed E-state index contributed by atoms with van der Waals surface area (Å²) in [7, 11) is 0. The predicted molar refractivity (Wildman–Crippen MR) is 79.8 cm³/mol. The molecule has 110 valence electrons. The summed E-state index contributed by atoms with van der Waals surface area (Å²) in [6, 6.07) is 7.31. The van der Waals surface area contributed by atoms with Gasteiger partial charge in [-0.05, 0) is 37.1 Å². The summed E-state index contributed by atoms with van der Waals surface area (Å²) in [5.74, 6) is 0.771. The summed E-state index contributed by atoms with van der Waals surface area (Å²) in [6.45, 7) is 1.52. The number of hydrogen-bond donors (Lipinski definition) is 3. The van der Waals surface area contributed by atoms with Crippen molar-refractivity contribution in [1.29, 1.82) is 0 Å². The Labute approximate surface area is 126 Å². The fourth-order valence-corrected chi connectivity index (χ4v) is 2.03. The monoisotopic (exact) mass is 342 g/mol. The van der Waals surface area contributed by atoms with Gasteiger partial charge in [0, 0.05) is 16.4 Å². The second-order valence-corrected chi connectivity index (χ2v) is 5.99. The lowest BCUT2D eigenvalue weighted by molar-refractivity contribution is 0.202. The van der Waals surface area contributed by atoms with Crippen LogP contribution in [0.3, 0.4) is 0 Å². The minimum absolute atomic E-state index is 0.0642. The van der Waals surface area contributed by atoms with Gasteiger partial charge in [-0.25, -0.2) is 4.79 Å². The molecule has 0 unspecified atom stereocenters. The van der Waals surface area contributed by atoms with Crippen LogP contribution in [0.15, 0.2) is 28.7 Å². The van der Waals surface area contributed by atoms with E-state index in [-0.39, 0.29) is 18.1 Å². The van der Waals surface area contributed by atoms with E-state index in [0.717, 1.165) is 23.1 Å². The van der Waals surface area contributed by atoms with E-state index in [1.54, 1.807) is 0 Å². The van der Waals surface area contributed by atoms with Gasteiger partial charge in [0.15, 0.2) is 0 Å². The zero-order valence-corrected chi connectivity index (χ0v) is 12.8. The molecule has 1 aromatic rings. The molecule has 0 heterocycles. The molecular formula is C14H19BrN2O3. The van der Waals surface area contributed by atoms with Crippen molar-refractivity contribution in [3.05, 3.63) is 28.7 Å². The number of carbonyl (C=O) groups is 1. The SMILES string of the molecule is O=C(NCCOc1ccc(Br)cc1)NCC1(CO)CC1. The topological polar surface area (TPSA) is 70.6 Å². The van der Waals surface area contributed by atoms with Crippen LogP contribution in [-0.2, 0) is 0 Å². The number of urea groups is 1. The van der Waals surface area contributed by atoms with Crippen LogP contribution < -0.4 is 15.4 Å². The number of aliphatic hydroxyl groups excluding tert-OH is 1. The molecule has 6 heteroatoms. The molecule has 0 aromatic heterocycles. The van der Waals surface area contributed by atoms with Gasteiger partial charge in [0.05, 0.1) is 13.2 Å². The van der Waals surface area contributed by atoms with Gasteiger partial charge < -0.3 is 20.5 Å². The number of amides is 2. The largest absolute Gasteiger partial charge is 0.492 e. The first-order valence-corrected chi connectivity index (χ1v) is 7.44. The van der Waals surface area contributed by atoms with Gasteiger partial charge in [-0.3, -0.25) is 0 Å². The van der Waals surface area contributed by atoms with Crippen LogP contribution in [0, 0.1) is 5.41 Å². The molecule has 1 saturated carbocycles. The average molecular weight is 343 g/mol. The number of aliphatic hydroxyl groups is 1. The highest BCUT2D eigenvalue weighted by Crippen LogP contribution is 2.44. The molecule has 1 fully saturated rings. The van der Waals surface area contributed by atoms with Gasteiger partial charge >= 0.3 is 6.03 Å². The maximum Gasteiger partial charge on any atom is 0.314 e. The highest BCUT2D eigenvalue weighted by Gasteiger charge is 2.41. The van der Waals surface area contributed by atoms with Crippen molar-refractivity contribution in [3.63, 3.8) is 0 Å². The maximum absolute atomic E-state index is 11.5. The van der Waals surface area contributed by atoms with Crippen molar-refractivity contribution in [1.82, 2.24) is 10.6 Å². The van der Waals surface area contributed by atoms with E-state index in [9.17, 15) is 4.79 Å². The fourth-order valence-electron chi connectivity index (χ4n) is 1.76. The lowest BCUT2D eigenvalue weighted by Gasteiger charge is -2.13. The maximum atomic E-state index is 11.5. The lowest BCUT2D eigenvalue weighted by atomic mass is 10.1. The molecule has 3 N–H and O–H groups in total. The first-order chi connectivity index (χ1) is 9.63. The van der Waals surface area contributed by atoms with Crippen molar-refractivity contribution in [2.24, 2.45) is 5.41 Å². The summed E-state index contributed by atoms with van der Waals surface area (Å²) in [6.07, 6.45) is 1.97. The summed E-state index contributed by atoms with van der Waals surface area (Å²) >= 11 is 3.35. The van der Waals surface area contributed by atoms with E-state index in [1.807, 2.05) is 24.3 Å². The summed E-state index contributed by atoms with van der Waals surface area (Å²) in [5.41, 5.74) is -0.0642. The molecule has 2 amide bonds. The van der Waals surface area contributed by atoms with Crippen LogP contribution in [0.4, 0.5) is 4.79 Å². The Bertz CT molecular complexity index is 446. The second-order valence-electron chi connectivity index (χ2n) is 5.07. The van der Waals surface area contributed by atoms with Crippen molar-refractivity contribution < 1.29 is 14.6 Å². The van der Waals surface area contributed by atoms with E-state index in [0.29, 0.717) is 19.7 Å². The van der Waals surface area contributed by atoms with Gasteiger partial charge in [-0.15, -0.1) is 0 Å². The molecule has 2 rings (SSSR count). The quantitative estimate of drug-likeness (QED) is 0.663. The lowest BCUT2D eigenvalue weighted by Crippen LogP contribution is -2.41. The molecule has 0 bridgehead atoms. The van der Waals surface area contributed by atoms with Crippen molar-refractivity contribution in [2.75, 3.05) is 26.3 Å². The van der Waals surface area contributed by atoms with E-state index < -0.39 is 0 Å². The Morgan fingerprint density at radius 3 is 2.60 bits per heavy atom. The van der Waals surface area contributed by atoms with Crippen LogP contribution in [0.1, 0.15) is 12.8 Å². The molecular weight excluding hydrogens is 324 g/mol. The Balaban J connectivity index is 1.56. The number of rotatable bonds is 7. The molecule has 0 aliphatic heterocycles. The van der Waals surface area contributed by atoms with Crippen molar-refractivity contribution >= 4 is 22.0 Å². The Hall–Kier alpha value is -1.27. The smallest absolute Gasteiger partial charge is 0.314 e. The molecule has 1 aromatic carbocycles. The van der Waals surface area contributed by atoms with Crippen LogP contribution in [0.2, 0.25) is 0 Å². The minimum atomic E-state index is -0.218. The van der Waals surface area contributed by atoms with Gasteiger partial charge in [0.2, 0.25) is 0 Å². The van der Waals surface area contributed by atoms with E-state index >= 15 is 0 Å². The van der Waals surface area contributed by atoms with Crippen molar-refractivity contribution in [2.45, 2.75) is 12.8 Å². The number of benzene rings is 1. The average Bonchev–Trinajstić information content (AvgIpc) is 3.24. The third-order valence-corrected chi connectivity index (χ3v) is 3.92. The summed E-state index contributed by atoms with van der Waals surface area (Å²) in [4.78, 5) is 11.5. The van der Waals surface area contributed by atoms with Crippen LogP contribution >= 0.6 is 15.9 Å². The standard InChI is InChI=1S/C14H19BrN2O3/c15-11-1-3-12(4-2-11)20-8-7-16-13(19)17-9-14(10-18)5-6-14/h1-4,18H,5-10H2,(H2,16,17,19). The third-order valence-electron chi connectivity index (χ3n) is 3.39. The summed E-state index contributed by atoms with van der Waals surface area (Å²) in [5, 5.41) is 14.6. The van der Waals surface area contributed by atoms with Gasteiger partial charge in [-0.1, -0.05) is 15.9 Å². The number of hydrogen-bond acceptors (Lipinski definition) is 3. The normalized spacial score (nSPS) is 15.5. The zero-order chi connectivity index (χ0) is 14.4. The van der Waals surface area contributed by atoms with Gasteiger partial charge in [0.1, 0.15) is 12.4 Å². The number of carbonyl (C=O) groups excluding carboxylic acids is 1. The van der Waals surface area contributed by atoms with Crippen LogP contribution in [-0.4, -0.2) is 37.4 Å². The summed E-state index contributed by atoms with van der Waals surface area (Å²) < 4.78 is 6.49. The molecule has 0 spiro atoms.